The Bertz CT molecular complexity index is 984. The van der Waals surface area contributed by atoms with E-state index in [0.717, 1.165) is 52.5 Å². The Morgan fingerprint density at radius 2 is 2.07 bits per heavy atom. The van der Waals surface area contributed by atoms with E-state index in [0.29, 0.717) is 6.61 Å². The number of benzene rings is 1. The Hall–Kier alpha value is -2.60. The maximum absolute atomic E-state index is 9.75. The van der Waals surface area contributed by atoms with Gasteiger partial charge in [0.15, 0.2) is 5.82 Å². The van der Waals surface area contributed by atoms with Crippen molar-refractivity contribution in [3.63, 3.8) is 0 Å². The monoisotopic (exact) mass is 366 g/mol. The van der Waals surface area contributed by atoms with Crippen molar-refractivity contribution < 1.29 is 9.84 Å². The van der Waals surface area contributed by atoms with Crippen molar-refractivity contribution >= 4 is 0 Å². The number of fused-ring (bicyclic) bond motifs is 3. The van der Waals surface area contributed by atoms with Gasteiger partial charge in [0.25, 0.3) is 0 Å². The van der Waals surface area contributed by atoms with Crippen molar-refractivity contribution in [2.75, 3.05) is 6.61 Å². The van der Waals surface area contributed by atoms with Crippen molar-refractivity contribution in [2.45, 2.75) is 53.3 Å². The molecule has 0 amide bonds. The highest BCUT2D eigenvalue weighted by Gasteiger charge is 2.25. The van der Waals surface area contributed by atoms with E-state index in [-0.39, 0.29) is 12.6 Å². The Morgan fingerprint density at radius 1 is 1.26 bits per heavy atom. The van der Waals surface area contributed by atoms with Gasteiger partial charge in [-0.05, 0) is 56.0 Å². The summed E-state index contributed by atoms with van der Waals surface area (Å²) >= 11 is 0. The minimum absolute atomic E-state index is 0.0236. The molecule has 1 aliphatic rings. The third kappa shape index (κ3) is 2.84. The number of hydrogen-bond acceptors (Lipinski definition) is 4. The molecule has 6 heteroatoms. The molecule has 0 unspecified atom stereocenters. The van der Waals surface area contributed by atoms with E-state index < -0.39 is 0 Å². The quantitative estimate of drug-likeness (QED) is 0.764. The summed E-state index contributed by atoms with van der Waals surface area (Å²) in [5.41, 5.74) is 6.55. The van der Waals surface area contributed by atoms with Gasteiger partial charge in [-0.2, -0.15) is 5.10 Å². The van der Waals surface area contributed by atoms with Gasteiger partial charge in [0.1, 0.15) is 18.7 Å². The van der Waals surface area contributed by atoms with Crippen LogP contribution in [0.4, 0.5) is 0 Å². The van der Waals surface area contributed by atoms with E-state index in [1.807, 2.05) is 17.7 Å². The number of aliphatic hydroxyl groups excluding tert-OH is 1. The second kappa shape index (κ2) is 6.85. The molecule has 0 fully saturated rings. The van der Waals surface area contributed by atoms with Gasteiger partial charge >= 0.3 is 0 Å². The van der Waals surface area contributed by atoms with Crippen LogP contribution < -0.4 is 4.74 Å². The molecule has 27 heavy (non-hydrogen) atoms. The lowest BCUT2D eigenvalue weighted by Crippen LogP contribution is -2.06. The van der Waals surface area contributed by atoms with Crippen LogP contribution in [-0.4, -0.2) is 31.0 Å². The number of aryl methyl sites for hydroxylation is 1. The van der Waals surface area contributed by atoms with Crippen LogP contribution in [0.3, 0.4) is 0 Å². The van der Waals surface area contributed by atoms with E-state index in [1.54, 1.807) is 6.33 Å². The van der Waals surface area contributed by atoms with Crippen LogP contribution in [-0.2, 0) is 19.6 Å². The molecule has 1 aliphatic heterocycles. The highest BCUT2D eigenvalue weighted by atomic mass is 16.5. The molecule has 1 N–H and O–H groups in total. The summed E-state index contributed by atoms with van der Waals surface area (Å²) < 4.78 is 10.3. The molecule has 1 aromatic carbocycles. The molecule has 0 spiro atoms. The zero-order valence-electron chi connectivity index (χ0n) is 16.4. The molecular weight excluding hydrogens is 340 g/mol. The number of rotatable bonds is 4. The average Bonchev–Trinajstić information content (AvgIpc) is 3.22. The summed E-state index contributed by atoms with van der Waals surface area (Å²) in [7, 11) is 0. The lowest BCUT2D eigenvalue weighted by atomic mass is 9.97. The molecule has 0 radical (unpaired) electrons. The second-order valence-corrected chi connectivity index (χ2v) is 7.32. The first-order valence-electron chi connectivity index (χ1n) is 9.54. The Morgan fingerprint density at radius 3 is 2.78 bits per heavy atom. The van der Waals surface area contributed by atoms with Crippen LogP contribution in [0.1, 0.15) is 43.5 Å². The zero-order valence-corrected chi connectivity index (χ0v) is 16.4. The molecule has 3 heterocycles. The number of ether oxygens (including phenoxy) is 1. The SMILES string of the molecule is CCc1c(-c2ncnn2C(C)C)cn2c1-c1cc(CO)c(C)cc1OCC2. The summed E-state index contributed by atoms with van der Waals surface area (Å²) in [5.74, 6) is 1.78. The molecule has 0 saturated carbocycles. The molecule has 142 valence electrons. The molecule has 3 aromatic rings. The predicted octanol–water partition coefficient (Wildman–Crippen LogP) is 3.75. The minimum atomic E-state index is 0.0236. The second-order valence-electron chi connectivity index (χ2n) is 7.32. The molecular formula is C21H26N4O2. The van der Waals surface area contributed by atoms with Crippen LogP contribution in [0.2, 0.25) is 0 Å². The van der Waals surface area contributed by atoms with E-state index in [1.165, 1.54) is 5.56 Å². The maximum Gasteiger partial charge on any atom is 0.160 e. The fourth-order valence-electron chi connectivity index (χ4n) is 3.92. The zero-order chi connectivity index (χ0) is 19.1. The van der Waals surface area contributed by atoms with Crippen LogP contribution in [0, 0.1) is 6.92 Å². The van der Waals surface area contributed by atoms with Crippen molar-refractivity contribution in [2.24, 2.45) is 0 Å². The van der Waals surface area contributed by atoms with E-state index in [4.69, 9.17) is 4.74 Å². The lowest BCUT2D eigenvalue weighted by molar-refractivity contribution is 0.280. The molecule has 2 aromatic heterocycles. The van der Waals surface area contributed by atoms with Crippen molar-refractivity contribution in [3.05, 3.63) is 41.3 Å². The molecule has 0 bridgehead atoms. The molecule has 0 saturated heterocycles. The number of aromatic nitrogens is 4. The van der Waals surface area contributed by atoms with E-state index in [9.17, 15) is 5.11 Å². The Labute approximate surface area is 159 Å². The Kier molecular flexibility index (Phi) is 4.52. The molecule has 0 atom stereocenters. The largest absolute Gasteiger partial charge is 0.491 e. The van der Waals surface area contributed by atoms with Crippen LogP contribution >= 0.6 is 0 Å². The third-order valence-corrected chi connectivity index (χ3v) is 5.29. The third-order valence-electron chi connectivity index (χ3n) is 5.29. The average molecular weight is 366 g/mol. The van der Waals surface area contributed by atoms with Gasteiger partial charge in [-0.15, -0.1) is 0 Å². The lowest BCUT2D eigenvalue weighted by Gasteiger charge is -2.14. The summed E-state index contributed by atoms with van der Waals surface area (Å²) in [5, 5.41) is 14.2. The summed E-state index contributed by atoms with van der Waals surface area (Å²) in [6.45, 7) is 9.83. The first kappa shape index (κ1) is 17.8. The highest BCUT2D eigenvalue weighted by Crippen LogP contribution is 2.41. The van der Waals surface area contributed by atoms with Crippen LogP contribution in [0.25, 0.3) is 22.6 Å². The van der Waals surface area contributed by atoms with Crippen molar-refractivity contribution in [1.29, 1.82) is 0 Å². The smallest absolute Gasteiger partial charge is 0.160 e. The first-order valence-corrected chi connectivity index (χ1v) is 9.54. The standard InChI is InChI=1S/C21H26N4O2/c1-5-16-18(21-22-12-23-25(21)13(2)3)10-24-6-7-27-19-8-14(4)15(11-26)9-17(19)20(16)24/h8-10,12-13,26H,5-7,11H2,1-4H3. The molecule has 4 rings (SSSR count). The van der Waals surface area contributed by atoms with E-state index >= 15 is 0 Å². The normalized spacial score (nSPS) is 13.3. The van der Waals surface area contributed by atoms with Gasteiger partial charge in [-0.25, -0.2) is 9.67 Å². The first-order chi connectivity index (χ1) is 13.0. The van der Waals surface area contributed by atoms with Gasteiger partial charge < -0.3 is 14.4 Å². The van der Waals surface area contributed by atoms with E-state index in [2.05, 4.69) is 47.7 Å². The summed E-state index contributed by atoms with van der Waals surface area (Å²) in [6.07, 6.45) is 4.68. The van der Waals surface area contributed by atoms with Crippen LogP contribution in [0.15, 0.2) is 24.7 Å². The van der Waals surface area contributed by atoms with Crippen molar-refractivity contribution in [3.8, 4) is 28.4 Å². The van der Waals surface area contributed by atoms with Gasteiger partial charge in [0.2, 0.25) is 0 Å². The van der Waals surface area contributed by atoms with Gasteiger partial charge in [-0.3, -0.25) is 0 Å². The summed E-state index contributed by atoms with van der Waals surface area (Å²) in [6, 6.07) is 4.35. The topological polar surface area (TPSA) is 65.1 Å². The number of nitrogens with zero attached hydrogens (tertiary/aromatic N) is 4. The molecule has 6 nitrogen and oxygen atoms in total. The van der Waals surface area contributed by atoms with Crippen LogP contribution in [0.5, 0.6) is 5.75 Å². The van der Waals surface area contributed by atoms with Gasteiger partial charge in [-0.1, -0.05) is 6.92 Å². The fraction of sp³-hybridized carbons (Fsp3) is 0.429. The highest BCUT2D eigenvalue weighted by molar-refractivity contribution is 5.79. The number of hydrogen-bond donors (Lipinski definition) is 1. The van der Waals surface area contributed by atoms with Crippen molar-refractivity contribution in [1.82, 2.24) is 19.3 Å². The van der Waals surface area contributed by atoms with Gasteiger partial charge in [0.05, 0.1) is 18.8 Å². The molecule has 0 aliphatic carbocycles. The minimum Gasteiger partial charge on any atom is -0.491 e. The fourth-order valence-corrected chi connectivity index (χ4v) is 3.92. The maximum atomic E-state index is 9.75. The predicted molar refractivity (Wildman–Crippen MR) is 105 cm³/mol. The number of aliphatic hydroxyl groups is 1. The Balaban J connectivity index is 1.98. The summed E-state index contributed by atoms with van der Waals surface area (Å²) in [4.78, 5) is 4.55. The van der Waals surface area contributed by atoms with Gasteiger partial charge in [0, 0.05) is 23.4 Å².